The van der Waals surface area contributed by atoms with Crippen LogP contribution in [0.2, 0.25) is 10.0 Å². The average molecular weight is 421 g/mol. The molecule has 0 aliphatic carbocycles. The van der Waals surface area contributed by atoms with Gasteiger partial charge in [0.25, 0.3) is 10.1 Å². The van der Waals surface area contributed by atoms with Crippen molar-refractivity contribution in [3.63, 3.8) is 0 Å². The van der Waals surface area contributed by atoms with Gasteiger partial charge in [-0.1, -0.05) is 35.3 Å². The van der Waals surface area contributed by atoms with E-state index in [4.69, 9.17) is 33.7 Å². The number of nitrogens with zero attached hydrogens (tertiary/aromatic N) is 3. The quantitative estimate of drug-likeness (QED) is 0.484. The first-order chi connectivity index (χ1) is 12.3. The SMILES string of the molecule is CS(=O)(=O)OCCOCCCc1nnc(-c2cccc(Cl)c2Cl)c(N)n1. The molecule has 26 heavy (non-hydrogen) atoms. The highest BCUT2D eigenvalue weighted by Gasteiger charge is 2.13. The lowest BCUT2D eigenvalue weighted by atomic mass is 10.1. The predicted octanol–water partition coefficient (Wildman–Crippen LogP) is 2.35. The monoisotopic (exact) mass is 420 g/mol. The number of rotatable bonds is 9. The molecule has 8 nitrogen and oxygen atoms in total. The summed E-state index contributed by atoms with van der Waals surface area (Å²) in [7, 11) is -3.44. The molecule has 0 aliphatic rings. The van der Waals surface area contributed by atoms with Crippen molar-refractivity contribution in [1.29, 1.82) is 0 Å². The minimum atomic E-state index is -3.44. The Kier molecular flexibility index (Phi) is 7.54. The van der Waals surface area contributed by atoms with Gasteiger partial charge in [-0.2, -0.15) is 8.42 Å². The fourth-order valence-electron chi connectivity index (χ4n) is 2.04. The molecule has 0 unspecified atom stereocenters. The first-order valence-corrected chi connectivity index (χ1v) is 10.2. The van der Waals surface area contributed by atoms with Gasteiger partial charge in [-0.25, -0.2) is 4.98 Å². The Hall–Kier alpha value is -1.52. The zero-order valence-electron chi connectivity index (χ0n) is 14.0. The summed E-state index contributed by atoms with van der Waals surface area (Å²) in [6.07, 6.45) is 2.12. The van der Waals surface area contributed by atoms with Crippen LogP contribution in [0.4, 0.5) is 5.82 Å². The maximum Gasteiger partial charge on any atom is 0.264 e. The highest BCUT2D eigenvalue weighted by molar-refractivity contribution is 7.85. The third-order valence-corrected chi connectivity index (χ3v) is 4.59. The number of anilines is 1. The molecule has 0 aliphatic heterocycles. The maximum absolute atomic E-state index is 10.8. The number of ether oxygens (including phenoxy) is 1. The second kappa shape index (κ2) is 9.43. The van der Waals surface area contributed by atoms with E-state index in [1.165, 1.54) is 0 Å². The molecule has 0 amide bonds. The fraction of sp³-hybridized carbons (Fsp3) is 0.400. The van der Waals surface area contributed by atoms with Crippen molar-refractivity contribution in [2.75, 3.05) is 31.8 Å². The highest BCUT2D eigenvalue weighted by Crippen LogP contribution is 2.34. The highest BCUT2D eigenvalue weighted by atomic mass is 35.5. The minimum absolute atomic E-state index is 0.0150. The standard InChI is InChI=1S/C15H18Cl2N4O4S/c1-26(22,23)25-9-8-24-7-3-6-12-19-15(18)14(21-20-12)10-4-2-5-11(16)13(10)17/h2,4-5H,3,6-9H2,1H3,(H2,18,19,20). The van der Waals surface area contributed by atoms with E-state index in [-0.39, 0.29) is 19.0 Å². The van der Waals surface area contributed by atoms with Crippen molar-refractivity contribution >= 4 is 39.1 Å². The predicted molar refractivity (Wildman–Crippen MR) is 99.6 cm³/mol. The van der Waals surface area contributed by atoms with Crippen LogP contribution in [0.15, 0.2) is 18.2 Å². The summed E-state index contributed by atoms with van der Waals surface area (Å²) in [5.74, 6) is 0.682. The largest absolute Gasteiger partial charge is 0.382 e. The van der Waals surface area contributed by atoms with Crippen LogP contribution in [0.5, 0.6) is 0 Å². The summed E-state index contributed by atoms with van der Waals surface area (Å²) in [5, 5.41) is 8.89. The maximum atomic E-state index is 10.8. The molecule has 2 rings (SSSR count). The Morgan fingerprint density at radius 2 is 1.92 bits per heavy atom. The van der Waals surface area contributed by atoms with Gasteiger partial charge in [-0.15, -0.1) is 10.2 Å². The fourth-order valence-corrected chi connectivity index (χ4v) is 2.80. The molecule has 0 bridgehead atoms. The molecule has 0 saturated heterocycles. The van der Waals surface area contributed by atoms with Crippen LogP contribution in [-0.4, -0.2) is 49.7 Å². The topological polar surface area (TPSA) is 117 Å². The Labute approximate surface area is 161 Å². The number of aryl methyl sites for hydroxylation is 1. The first kappa shape index (κ1) is 20.8. The molecule has 2 aromatic rings. The van der Waals surface area contributed by atoms with E-state index < -0.39 is 10.1 Å². The number of hydrogen-bond donors (Lipinski definition) is 1. The number of nitrogens with two attached hydrogens (primary N) is 1. The molecule has 0 spiro atoms. The Morgan fingerprint density at radius 3 is 2.62 bits per heavy atom. The normalized spacial score (nSPS) is 11.7. The number of benzene rings is 1. The van der Waals surface area contributed by atoms with E-state index in [1.54, 1.807) is 18.2 Å². The van der Waals surface area contributed by atoms with Gasteiger partial charge in [0.1, 0.15) is 5.69 Å². The summed E-state index contributed by atoms with van der Waals surface area (Å²) >= 11 is 12.2. The van der Waals surface area contributed by atoms with Gasteiger partial charge in [-0.3, -0.25) is 4.18 Å². The average Bonchev–Trinajstić information content (AvgIpc) is 2.56. The Bertz CT molecular complexity index is 865. The van der Waals surface area contributed by atoms with Gasteiger partial charge < -0.3 is 10.5 Å². The van der Waals surface area contributed by atoms with Gasteiger partial charge >= 0.3 is 0 Å². The zero-order chi connectivity index (χ0) is 19.2. The van der Waals surface area contributed by atoms with E-state index in [0.29, 0.717) is 46.6 Å². The summed E-state index contributed by atoms with van der Waals surface area (Å²) in [4.78, 5) is 4.23. The van der Waals surface area contributed by atoms with Crippen LogP contribution in [0, 0.1) is 0 Å². The van der Waals surface area contributed by atoms with E-state index in [2.05, 4.69) is 19.4 Å². The molecule has 0 saturated carbocycles. The molecule has 0 fully saturated rings. The zero-order valence-corrected chi connectivity index (χ0v) is 16.3. The van der Waals surface area contributed by atoms with Crippen LogP contribution in [0.1, 0.15) is 12.2 Å². The number of nitrogen functional groups attached to an aromatic ring is 1. The Balaban J connectivity index is 1.85. The van der Waals surface area contributed by atoms with Crippen molar-refractivity contribution in [1.82, 2.24) is 15.2 Å². The van der Waals surface area contributed by atoms with Crippen molar-refractivity contribution in [2.24, 2.45) is 0 Å². The van der Waals surface area contributed by atoms with Crippen molar-refractivity contribution < 1.29 is 17.3 Å². The van der Waals surface area contributed by atoms with Gasteiger partial charge in [0.2, 0.25) is 0 Å². The second-order valence-electron chi connectivity index (χ2n) is 5.31. The van der Waals surface area contributed by atoms with Gasteiger partial charge in [-0.05, 0) is 12.5 Å². The van der Waals surface area contributed by atoms with Crippen molar-refractivity contribution in [3.8, 4) is 11.3 Å². The van der Waals surface area contributed by atoms with E-state index in [9.17, 15) is 8.42 Å². The third kappa shape index (κ3) is 6.33. The van der Waals surface area contributed by atoms with E-state index >= 15 is 0 Å². The summed E-state index contributed by atoms with van der Waals surface area (Å²) in [6.45, 7) is 0.567. The van der Waals surface area contributed by atoms with Crippen molar-refractivity contribution in [3.05, 3.63) is 34.1 Å². The molecule has 1 aromatic heterocycles. The van der Waals surface area contributed by atoms with Crippen molar-refractivity contribution in [2.45, 2.75) is 12.8 Å². The van der Waals surface area contributed by atoms with Crippen LogP contribution in [0.25, 0.3) is 11.3 Å². The molecule has 1 heterocycles. The van der Waals surface area contributed by atoms with Crippen LogP contribution in [0.3, 0.4) is 0 Å². The number of aromatic nitrogens is 3. The lowest BCUT2D eigenvalue weighted by molar-refractivity contribution is 0.101. The lowest BCUT2D eigenvalue weighted by Gasteiger charge is -2.08. The number of halogens is 2. The molecule has 1 aromatic carbocycles. The van der Waals surface area contributed by atoms with E-state index in [1.807, 2.05) is 0 Å². The number of hydrogen-bond acceptors (Lipinski definition) is 8. The molecular weight excluding hydrogens is 403 g/mol. The first-order valence-electron chi connectivity index (χ1n) is 7.63. The minimum Gasteiger partial charge on any atom is -0.382 e. The lowest BCUT2D eigenvalue weighted by Crippen LogP contribution is -2.11. The summed E-state index contributed by atoms with van der Waals surface area (Å²) < 4.78 is 31.4. The molecular formula is C15H18Cl2N4O4S. The van der Waals surface area contributed by atoms with Crippen LogP contribution in [-0.2, 0) is 25.5 Å². The molecule has 142 valence electrons. The summed E-state index contributed by atoms with van der Waals surface area (Å²) in [5.41, 5.74) is 6.90. The molecule has 2 N–H and O–H groups in total. The van der Waals surface area contributed by atoms with Gasteiger partial charge in [0, 0.05) is 18.6 Å². The third-order valence-electron chi connectivity index (χ3n) is 3.18. The van der Waals surface area contributed by atoms with Crippen LogP contribution >= 0.6 is 23.2 Å². The molecule has 0 atom stereocenters. The van der Waals surface area contributed by atoms with Gasteiger partial charge in [0.15, 0.2) is 11.6 Å². The molecule has 0 radical (unpaired) electrons. The van der Waals surface area contributed by atoms with Crippen LogP contribution < -0.4 is 5.73 Å². The second-order valence-corrected chi connectivity index (χ2v) is 7.73. The van der Waals surface area contributed by atoms with Gasteiger partial charge in [0.05, 0.1) is 29.5 Å². The summed E-state index contributed by atoms with van der Waals surface area (Å²) in [6, 6.07) is 5.14. The smallest absolute Gasteiger partial charge is 0.264 e. The Morgan fingerprint density at radius 1 is 1.15 bits per heavy atom. The van der Waals surface area contributed by atoms with E-state index in [0.717, 1.165) is 6.26 Å². The molecule has 11 heteroatoms.